The highest BCUT2D eigenvalue weighted by Crippen LogP contribution is 2.23. The van der Waals surface area contributed by atoms with Gasteiger partial charge in [0.25, 0.3) is 5.91 Å². The predicted molar refractivity (Wildman–Crippen MR) is 102 cm³/mol. The second-order valence-corrected chi connectivity index (χ2v) is 7.43. The average Bonchev–Trinajstić information content (AvgIpc) is 3.00. The highest BCUT2D eigenvalue weighted by molar-refractivity contribution is 7.13. The van der Waals surface area contributed by atoms with Crippen LogP contribution in [0, 0.1) is 6.92 Å². The first kappa shape index (κ1) is 19.7. The van der Waals surface area contributed by atoms with E-state index in [9.17, 15) is 4.79 Å². The lowest BCUT2D eigenvalue weighted by atomic mass is 9.93. The van der Waals surface area contributed by atoms with Gasteiger partial charge in [-0.3, -0.25) is 4.79 Å². The highest BCUT2D eigenvalue weighted by Gasteiger charge is 2.28. The number of rotatable bonds is 8. The summed E-state index contributed by atoms with van der Waals surface area (Å²) in [6.07, 6.45) is 1.58. The molecule has 0 aliphatic heterocycles. The van der Waals surface area contributed by atoms with Gasteiger partial charge < -0.3 is 15.8 Å². The third kappa shape index (κ3) is 4.93. The van der Waals surface area contributed by atoms with Crippen LogP contribution < -0.4 is 15.8 Å². The number of aryl methyl sites for hydroxylation is 1. The minimum absolute atomic E-state index is 0.123. The Bertz CT molecular complexity index is 703. The van der Waals surface area contributed by atoms with Gasteiger partial charge in [-0.05, 0) is 44.0 Å². The second-order valence-electron chi connectivity index (χ2n) is 5.91. The number of carbonyl (C=O) groups excluding carboxylic acids is 1. The third-order valence-corrected chi connectivity index (χ3v) is 5.73. The molecule has 0 aliphatic rings. The van der Waals surface area contributed by atoms with Crippen LogP contribution in [0.3, 0.4) is 0 Å². The summed E-state index contributed by atoms with van der Waals surface area (Å²) in [7, 11) is 0. The molecule has 0 bridgehead atoms. The zero-order valence-corrected chi connectivity index (χ0v) is 16.3. The number of thiazole rings is 1. The molecular formula is C18H24ClN3O2S. The third-order valence-electron chi connectivity index (χ3n) is 4.35. The number of aromatic nitrogens is 1. The highest BCUT2D eigenvalue weighted by atomic mass is 35.5. The Labute approximate surface area is 157 Å². The Kier molecular flexibility index (Phi) is 6.81. The molecule has 0 spiro atoms. The maximum Gasteiger partial charge on any atom is 0.263 e. The van der Waals surface area contributed by atoms with Gasteiger partial charge in [0.2, 0.25) is 0 Å². The van der Waals surface area contributed by atoms with E-state index in [0.717, 1.165) is 17.8 Å². The van der Waals surface area contributed by atoms with Gasteiger partial charge in [0.1, 0.15) is 22.2 Å². The van der Waals surface area contributed by atoms with E-state index >= 15 is 0 Å². The Morgan fingerprint density at radius 1 is 1.32 bits per heavy atom. The van der Waals surface area contributed by atoms with Crippen LogP contribution in [-0.2, 0) is 6.61 Å². The van der Waals surface area contributed by atoms with Crippen molar-refractivity contribution in [3.05, 3.63) is 44.9 Å². The fraction of sp³-hybridized carbons (Fsp3) is 0.444. The number of nitrogens with zero attached hydrogens (tertiary/aromatic N) is 1. The molecule has 0 fully saturated rings. The lowest BCUT2D eigenvalue weighted by Gasteiger charge is -2.31. The summed E-state index contributed by atoms with van der Waals surface area (Å²) in [6.45, 7) is 6.61. The maximum atomic E-state index is 12.6. The fourth-order valence-corrected chi connectivity index (χ4v) is 3.46. The van der Waals surface area contributed by atoms with Crippen LogP contribution in [0.25, 0.3) is 0 Å². The van der Waals surface area contributed by atoms with Crippen LogP contribution in [0.1, 0.15) is 47.1 Å². The summed E-state index contributed by atoms with van der Waals surface area (Å²) in [6, 6.07) is 7.14. The van der Waals surface area contributed by atoms with Crippen molar-refractivity contribution in [2.75, 3.05) is 6.54 Å². The van der Waals surface area contributed by atoms with Gasteiger partial charge in [0.05, 0.1) is 11.2 Å². The molecule has 1 amide bonds. The summed E-state index contributed by atoms with van der Waals surface area (Å²) in [4.78, 5) is 17.7. The molecule has 25 heavy (non-hydrogen) atoms. The number of halogens is 1. The summed E-state index contributed by atoms with van der Waals surface area (Å²) >= 11 is 7.20. The predicted octanol–water partition coefficient (Wildman–Crippen LogP) is 3.93. The van der Waals surface area contributed by atoms with Gasteiger partial charge in [-0.2, -0.15) is 0 Å². The van der Waals surface area contributed by atoms with Crippen molar-refractivity contribution >= 4 is 28.8 Å². The van der Waals surface area contributed by atoms with Crippen molar-refractivity contribution in [2.24, 2.45) is 5.73 Å². The van der Waals surface area contributed by atoms with Gasteiger partial charge >= 0.3 is 0 Å². The molecule has 2 rings (SSSR count). The van der Waals surface area contributed by atoms with Gasteiger partial charge in [0.15, 0.2) is 0 Å². The minimum atomic E-state index is -0.368. The molecule has 2 aromatic rings. The molecule has 0 aliphatic carbocycles. The van der Waals surface area contributed by atoms with Crippen molar-refractivity contribution in [2.45, 2.75) is 45.8 Å². The van der Waals surface area contributed by atoms with E-state index in [4.69, 9.17) is 22.1 Å². The summed E-state index contributed by atoms with van der Waals surface area (Å²) in [5.74, 6) is 0.587. The largest absolute Gasteiger partial charge is 0.486 e. The fourth-order valence-electron chi connectivity index (χ4n) is 2.46. The Balaban J connectivity index is 2.05. The molecule has 0 saturated heterocycles. The molecule has 1 aromatic carbocycles. The number of hydrogen-bond acceptors (Lipinski definition) is 5. The van der Waals surface area contributed by atoms with Gasteiger partial charge in [-0.1, -0.05) is 25.4 Å². The molecule has 0 radical (unpaired) electrons. The van der Waals surface area contributed by atoms with Crippen molar-refractivity contribution in [3.63, 3.8) is 0 Å². The first-order valence-electron chi connectivity index (χ1n) is 8.30. The monoisotopic (exact) mass is 381 g/mol. The maximum absolute atomic E-state index is 12.6. The molecule has 0 unspecified atom stereocenters. The van der Waals surface area contributed by atoms with Crippen molar-refractivity contribution in [1.82, 2.24) is 10.3 Å². The smallest absolute Gasteiger partial charge is 0.263 e. The number of ether oxygens (including phenoxy) is 1. The topological polar surface area (TPSA) is 77.2 Å². The van der Waals surface area contributed by atoms with Crippen LogP contribution in [0.15, 0.2) is 24.3 Å². The molecule has 1 aromatic heterocycles. The van der Waals surface area contributed by atoms with E-state index in [2.05, 4.69) is 10.3 Å². The van der Waals surface area contributed by atoms with Crippen LogP contribution in [0.4, 0.5) is 0 Å². The van der Waals surface area contributed by atoms with Gasteiger partial charge in [-0.15, -0.1) is 11.3 Å². The molecule has 5 nitrogen and oxygen atoms in total. The molecule has 3 N–H and O–H groups in total. The quantitative estimate of drug-likeness (QED) is 0.726. The first-order valence-corrected chi connectivity index (χ1v) is 9.49. The number of benzene rings is 1. The van der Waals surface area contributed by atoms with E-state index in [1.54, 1.807) is 24.3 Å². The molecule has 0 atom stereocenters. The second kappa shape index (κ2) is 8.65. The van der Waals surface area contributed by atoms with Crippen molar-refractivity contribution < 1.29 is 9.53 Å². The van der Waals surface area contributed by atoms with Crippen molar-refractivity contribution in [3.8, 4) is 5.75 Å². The number of amides is 1. The van der Waals surface area contributed by atoms with Crippen LogP contribution in [-0.4, -0.2) is 23.0 Å². The summed E-state index contributed by atoms with van der Waals surface area (Å²) in [5.41, 5.74) is 6.20. The van der Waals surface area contributed by atoms with E-state index in [0.29, 0.717) is 34.5 Å². The summed E-state index contributed by atoms with van der Waals surface area (Å²) in [5, 5.41) is 4.49. The van der Waals surface area contributed by atoms with Gasteiger partial charge in [-0.25, -0.2) is 4.98 Å². The molecule has 0 saturated carbocycles. The van der Waals surface area contributed by atoms with E-state index in [1.165, 1.54) is 11.3 Å². The number of hydrogen-bond donors (Lipinski definition) is 2. The zero-order chi connectivity index (χ0) is 18.4. The van der Waals surface area contributed by atoms with E-state index in [1.807, 2.05) is 20.8 Å². The van der Waals surface area contributed by atoms with Crippen LogP contribution >= 0.6 is 22.9 Å². The first-order chi connectivity index (χ1) is 11.9. The Hall–Kier alpha value is -1.63. The average molecular weight is 382 g/mol. The Morgan fingerprint density at radius 3 is 2.52 bits per heavy atom. The zero-order valence-electron chi connectivity index (χ0n) is 14.8. The van der Waals surface area contributed by atoms with Crippen LogP contribution in [0.5, 0.6) is 5.75 Å². The number of nitrogens with one attached hydrogen (secondary N) is 1. The lowest BCUT2D eigenvalue weighted by molar-refractivity contribution is 0.0898. The number of nitrogens with two attached hydrogens (primary N) is 1. The normalized spacial score (nSPS) is 11.4. The standard InChI is InChI=1S/C18H24ClN3O2S/c1-4-18(5-2,11-20)22-17(23)16-12(3)21-15(25-16)10-24-14-8-6-13(19)7-9-14/h6-9H,4-5,10-11,20H2,1-3H3,(H,22,23). The van der Waals surface area contributed by atoms with Gasteiger partial charge in [0, 0.05) is 11.6 Å². The molecular weight excluding hydrogens is 358 g/mol. The van der Waals surface area contributed by atoms with E-state index in [-0.39, 0.29) is 11.4 Å². The minimum Gasteiger partial charge on any atom is -0.486 e. The van der Waals surface area contributed by atoms with E-state index < -0.39 is 0 Å². The Morgan fingerprint density at radius 2 is 1.96 bits per heavy atom. The van der Waals surface area contributed by atoms with Crippen molar-refractivity contribution in [1.29, 1.82) is 0 Å². The SMILES string of the molecule is CCC(CC)(CN)NC(=O)c1sc(COc2ccc(Cl)cc2)nc1C. The number of carbonyl (C=O) groups is 1. The molecule has 7 heteroatoms. The lowest BCUT2D eigenvalue weighted by Crippen LogP contribution is -2.52. The summed E-state index contributed by atoms with van der Waals surface area (Å²) < 4.78 is 5.70. The van der Waals surface area contributed by atoms with Crippen LogP contribution in [0.2, 0.25) is 5.02 Å². The molecule has 1 heterocycles. The molecule has 136 valence electrons.